The zero-order valence-electron chi connectivity index (χ0n) is 20.3. The summed E-state index contributed by atoms with van der Waals surface area (Å²) >= 11 is 0. The number of fused-ring (bicyclic) bond motifs is 3. The van der Waals surface area contributed by atoms with Crippen LogP contribution in [0, 0.1) is 5.92 Å². The van der Waals surface area contributed by atoms with Crippen LogP contribution < -0.4 is 10.9 Å². The molecule has 4 atom stereocenters. The summed E-state index contributed by atoms with van der Waals surface area (Å²) < 4.78 is 20.0. The van der Waals surface area contributed by atoms with E-state index in [0.29, 0.717) is 0 Å². The third-order valence-electron chi connectivity index (χ3n) is 6.92. The number of aromatic amines is 1. The van der Waals surface area contributed by atoms with Gasteiger partial charge in [-0.05, 0) is 18.1 Å². The van der Waals surface area contributed by atoms with Gasteiger partial charge in [0.25, 0.3) is 5.56 Å². The Labute approximate surface area is 197 Å². The van der Waals surface area contributed by atoms with E-state index in [-0.39, 0.29) is 40.6 Å². The minimum Gasteiger partial charge on any atom is -0.479 e. The number of imidazole rings is 1. The van der Waals surface area contributed by atoms with E-state index in [9.17, 15) is 19.5 Å². The van der Waals surface area contributed by atoms with Gasteiger partial charge >= 0.3 is 5.97 Å². The summed E-state index contributed by atoms with van der Waals surface area (Å²) in [4.78, 5) is 48.0. The average molecular weight is 494 g/mol. The molecule has 0 aromatic carbocycles. The number of rotatable bonds is 6. The standard InChI is InChI=1S/C21H31N5O7Si/c1-10(2)15(27)24-19-23-14-11(16(28)25-19)22-9-26(14)17-12-13(33-34(6,7)20(3,4)5)21(32-17,8-31-12)18(29)30/h9-10,12-13,17H,8H2,1-7H3,(H,29,30)(H2,23,24,25,27,28)/t12-,13?,17+,21-/m0/s1. The van der Waals surface area contributed by atoms with Crippen molar-refractivity contribution in [1.29, 1.82) is 0 Å². The number of aromatic nitrogens is 4. The number of carboxylic acids is 1. The van der Waals surface area contributed by atoms with Crippen LogP contribution >= 0.6 is 0 Å². The van der Waals surface area contributed by atoms with Crippen molar-refractivity contribution in [2.75, 3.05) is 11.9 Å². The van der Waals surface area contributed by atoms with Crippen LogP contribution in [0.3, 0.4) is 0 Å². The summed E-state index contributed by atoms with van der Waals surface area (Å²) in [5.74, 6) is -1.86. The van der Waals surface area contributed by atoms with Crippen LogP contribution in [0.2, 0.25) is 18.1 Å². The fourth-order valence-electron chi connectivity index (χ4n) is 3.81. The van der Waals surface area contributed by atoms with E-state index in [2.05, 4.69) is 41.0 Å². The average Bonchev–Trinajstić information content (AvgIpc) is 3.37. The predicted octanol–water partition coefficient (Wildman–Crippen LogP) is 1.86. The van der Waals surface area contributed by atoms with Crippen LogP contribution in [0.25, 0.3) is 11.2 Å². The van der Waals surface area contributed by atoms with Gasteiger partial charge in [0.05, 0.1) is 12.9 Å². The molecule has 1 unspecified atom stereocenters. The molecule has 2 saturated heterocycles. The fraction of sp³-hybridized carbons (Fsp3) is 0.667. The van der Waals surface area contributed by atoms with E-state index in [1.165, 1.54) is 10.9 Å². The van der Waals surface area contributed by atoms with Crippen molar-refractivity contribution in [1.82, 2.24) is 19.5 Å². The summed E-state index contributed by atoms with van der Waals surface area (Å²) in [7, 11) is -2.39. The van der Waals surface area contributed by atoms with Crippen LogP contribution in [-0.4, -0.2) is 69.2 Å². The molecule has 2 aliphatic heterocycles. The highest BCUT2D eigenvalue weighted by molar-refractivity contribution is 6.74. The lowest BCUT2D eigenvalue weighted by atomic mass is 10.00. The molecule has 0 radical (unpaired) electrons. The molecule has 12 nitrogen and oxygen atoms in total. The lowest BCUT2D eigenvalue weighted by Gasteiger charge is -2.39. The van der Waals surface area contributed by atoms with Crippen molar-refractivity contribution in [3.63, 3.8) is 0 Å². The first kappa shape index (κ1) is 24.5. The Kier molecular flexibility index (Phi) is 5.74. The van der Waals surface area contributed by atoms with Gasteiger partial charge in [-0.1, -0.05) is 34.6 Å². The van der Waals surface area contributed by atoms with Gasteiger partial charge in [0, 0.05) is 5.92 Å². The molecule has 2 bridgehead atoms. The summed E-state index contributed by atoms with van der Waals surface area (Å²) in [5.41, 5.74) is -2.08. The second-order valence-electron chi connectivity index (χ2n) is 10.7. The lowest BCUT2D eigenvalue weighted by molar-refractivity contribution is -0.197. The minimum atomic E-state index is -2.39. The zero-order valence-corrected chi connectivity index (χ0v) is 21.3. The van der Waals surface area contributed by atoms with Crippen LogP contribution in [0.4, 0.5) is 5.95 Å². The first-order chi connectivity index (χ1) is 15.7. The Balaban J connectivity index is 1.75. The van der Waals surface area contributed by atoms with Gasteiger partial charge in [0.15, 0.2) is 25.7 Å². The fourth-order valence-corrected chi connectivity index (χ4v) is 5.12. The van der Waals surface area contributed by atoms with E-state index >= 15 is 0 Å². The highest BCUT2D eigenvalue weighted by Crippen LogP contribution is 2.50. The second-order valence-corrected chi connectivity index (χ2v) is 15.4. The molecule has 1 amide bonds. The van der Waals surface area contributed by atoms with E-state index in [4.69, 9.17) is 13.9 Å². The number of hydrogen-bond donors (Lipinski definition) is 3. The quantitative estimate of drug-likeness (QED) is 0.511. The van der Waals surface area contributed by atoms with Gasteiger partial charge in [-0.25, -0.2) is 9.78 Å². The third-order valence-corrected chi connectivity index (χ3v) is 11.4. The number of hydrogen-bond acceptors (Lipinski definition) is 8. The van der Waals surface area contributed by atoms with E-state index in [0.717, 1.165) is 0 Å². The first-order valence-corrected chi connectivity index (χ1v) is 14.1. The number of anilines is 1. The van der Waals surface area contributed by atoms with Crippen molar-refractivity contribution >= 4 is 37.3 Å². The van der Waals surface area contributed by atoms with Crippen molar-refractivity contribution in [3.05, 3.63) is 16.7 Å². The van der Waals surface area contributed by atoms with Crippen molar-refractivity contribution in [2.24, 2.45) is 5.92 Å². The van der Waals surface area contributed by atoms with Crippen molar-refractivity contribution < 1.29 is 28.6 Å². The molecule has 0 saturated carbocycles. The summed E-state index contributed by atoms with van der Waals surface area (Å²) in [6.45, 7) is 13.5. The van der Waals surface area contributed by atoms with Gasteiger partial charge in [-0.3, -0.25) is 24.5 Å². The molecule has 0 aliphatic carbocycles. The number of ether oxygens (including phenoxy) is 2. The number of amides is 1. The smallest absolute Gasteiger partial charge is 0.341 e. The Hall–Kier alpha value is -2.61. The second kappa shape index (κ2) is 7.97. The van der Waals surface area contributed by atoms with Gasteiger partial charge in [-0.2, -0.15) is 4.98 Å². The first-order valence-electron chi connectivity index (χ1n) is 11.2. The summed E-state index contributed by atoms with van der Waals surface area (Å²) in [6, 6.07) is 0. The van der Waals surface area contributed by atoms with E-state index < -0.39 is 43.9 Å². The molecule has 4 heterocycles. The molecule has 2 fully saturated rings. The van der Waals surface area contributed by atoms with E-state index in [1.807, 2.05) is 13.1 Å². The van der Waals surface area contributed by atoms with Crippen molar-refractivity contribution in [2.45, 2.75) is 76.8 Å². The van der Waals surface area contributed by atoms with E-state index in [1.54, 1.807) is 13.8 Å². The van der Waals surface area contributed by atoms with Gasteiger partial charge in [0.1, 0.15) is 12.2 Å². The topological polar surface area (TPSA) is 158 Å². The molecular weight excluding hydrogens is 462 g/mol. The molecule has 2 aromatic heterocycles. The summed E-state index contributed by atoms with van der Waals surface area (Å²) in [5, 5.41) is 12.5. The molecule has 186 valence electrons. The number of nitrogens with one attached hydrogen (secondary N) is 2. The number of aliphatic carboxylic acids is 1. The molecule has 0 spiro atoms. The van der Waals surface area contributed by atoms with Gasteiger partial charge in [-0.15, -0.1) is 0 Å². The molecule has 2 aliphatic rings. The SMILES string of the molecule is CC(C)C(=O)Nc1nc2c(ncn2[C@@H]2O[C@@]3(C(=O)O)CO[C@H]2C3O[Si](C)(C)C(C)(C)C)c(=O)[nH]1. The molecule has 34 heavy (non-hydrogen) atoms. The maximum absolute atomic E-state index is 12.6. The van der Waals surface area contributed by atoms with Crippen LogP contribution in [-0.2, 0) is 23.5 Å². The Morgan fingerprint density at radius 2 is 2.06 bits per heavy atom. The minimum absolute atomic E-state index is 0.0279. The molecular formula is C21H31N5O7Si. The molecule has 13 heteroatoms. The monoisotopic (exact) mass is 493 g/mol. The highest BCUT2D eigenvalue weighted by atomic mass is 28.4. The Bertz CT molecular complexity index is 1200. The van der Waals surface area contributed by atoms with Crippen LogP contribution in [0.5, 0.6) is 0 Å². The molecule has 3 N–H and O–H groups in total. The van der Waals surface area contributed by atoms with Gasteiger partial charge in [0.2, 0.25) is 17.5 Å². The number of carbonyl (C=O) groups is 2. The van der Waals surface area contributed by atoms with Gasteiger partial charge < -0.3 is 19.0 Å². The molecule has 2 aromatic rings. The normalized spacial score (nSPS) is 27.0. The maximum atomic E-state index is 12.6. The number of H-pyrrole nitrogens is 1. The maximum Gasteiger partial charge on any atom is 0.341 e. The number of carboxylic acid groups (broad SMARTS) is 1. The highest BCUT2D eigenvalue weighted by Gasteiger charge is 2.68. The zero-order chi connectivity index (χ0) is 25.2. The predicted molar refractivity (Wildman–Crippen MR) is 124 cm³/mol. The third kappa shape index (κ3) is 3.76. The van der Waals surface area contributed by atoms with Crippen LogP contribution in [0.15, 0.2) is 11.1 Å². The largest absolute Gasteiger partial charge is 0.479 e. The molecule has 4 rings (SSSR count). The number of nitrogens with zero attached hydrogens (tertiary/aromatic N) is 3. The number of carbonyl (C=O) groups excluding carboxylic acids is 1. The van der Waals surface area contributed by atoms with Crippen LogP contribution in [0.1, 0.15) is 40.8 Å². The van der Waals surface area contributed by atoms with Crippen molar-refractivity contribution in [3.8, 4) is 0 Å². The summed E-state index contributed by atoms with van der Waals surface area (Å²) in [6.07, 6.45) is -1.19. The Morgan fingerprint density at radius 1 is 1.38 bits per heavy atom. The lowest BCUT2D eigenvalue weighted by Crippen LogP contribution is -2.54. The Morgan fingerprint density at radius 3 is 2.65 bits per heavy atom.